The van der Waals surface area contributed by atoms with Gasteiger partial charge >= 0.3 is 0 Å². The Labute approximate surface area is 199 Å². The van der Waals surface area contributed by atoms with Crippen LogP contribution in [0.2, 0.25) is 10.0 Å². The fourth-order valence-electron chi connectivity index (χ4n) is 2.92. The van der Waals surface area contributed by atoms with Crippen LogP contribution < -0.4 is 5.32 Å². The monoisotopic (exact) mass is 480 g/mol. The second-order valence-electron chi connectivity index (χ2n) is 8.58. The predicted octanol–water partition coefficient (Wildman–Crippen LogP) is 6.12. The third-order valence-electron chi connectivity index (χ3n) is 4.63. The van der Waals surface area contributed by atoms with E-state index in [0.717, 1.165) is 10.5 Å². The fourth-order valence-corrected chi connectivity index (χ4v) is 4.23. The van der Waals surface area contributed by atoms with E-state index in [1.54, 1.807) is 41.8 Å². The zero-order chi connectivity index (χ0) is 23.2. The van der Waals surface area contributed by atoms with Crippen molar-refractivity contribution in [3.8, 4) is 0 Å². The third kappa shape index (κ3) is 8.40. The van der Waals surface area contributed by atoms with Crippen molar-refractivity contribution in [1.29, 1.82) is 0 Å². The maximum atomic E-state index is 13.1. The molecule has 0 aliphatic rings. The first-order chi connectivity index (χ1) is 14.5. The zero-order valence-corrected chi connectivity index (χ0v) is 21.0. The van der Waals surface area contributed by atoms with Crippen molar-refractivity contribution < 1.29 is 9.59 Å². The SMILES string of the molecule is Cc1ccc(SCCC(=O)N(Cc2ccc(Cl)cc2Cl)[C@@H](C)C(=O)NC(C)(C)C)cc1. The van der Waals surface area contributed by atoms with E-state index in [1.165, 1.54) is 5.56 Å². The molecule has 0 aromatic heterocycles. The van der Waals surface area contributed by atoms with Crippen molar-refractivity contribution in [3.05, 3.63) is 63.6 Å². The number of hydrogen-bond acceptors (Lipinski definition) is 3. The van der Waals surface area contributed by atoms with E-state index in [4.69, 9.17) is 23.2 Å². The van der Waals surface area contributed by atoms with Crippen LogP contribution in [0.25, 0.3) is 0 Å². The van der Waals surface area contributed by atoms with Gasteiger partial charge < -0.3 is 10.2 Å². The molecule has 0 unspecified atom stereocenters. The summed E-state index contributed by atoms with van der Waals surface area (Å²) in [5.41, 5.74) is 1.56. The molecule has 0 bridgehead atoms. The standard InChI is InChI=1S/C24H30Cl2N2O2S/c1-16-6-10-20(11-7-16)31-13-12-22(29)28(17(2)23(30)27-24(3,4)5)15-18-8-9-19(25)14-21(18)26/h6-11,14,17H,12-13,15H2,1-5H3,(H,27,30)/t17-/m0/s1. The molecule has 0 aliphatic heterocycles. The minimum absolute atomic E-state index is 0.0952. The zero-order valence-electron chi connectivity index (χ0n) is 18.7. The van der Waals surface area contributed by atoms with Gasteiger partial charge in [0.1, 0.15) is 6.04 Å². The molecule has 0 heterocycles. The van der Waals surface area contributed by atoms with Crippen molar-refractivity contribution >= 4 is 46.8 Å². The number of hydrogen-bond donors (Lipinski definition) is 1. The largest absolute Gasteiger partial charge is 0.350 e. The Hall–Kier alpha value is -1.69. The van der Waals surface area contributed by atoms with Gasteiger partial charge in [0.15, 0.2) is 0 Å². The van der Waals surface area contributed by atoms with Crippen molar-refractivity contribution in [2.75, 3.05) is 5.75 Å². The number of carbonyl (C=O) groups excluding carboxylic acids is 2. The summed E-state index contributed by atoms with van der Waals surface area (Å²) >= 11 is 14.0. The van der Waals surface area contributed by atoms with Gasteiger partial charge in [-0.1, -0.05) is 47.0 Å². The van der Waals surface area contributed by atoms with E-state index < -0.39 is 6.04 Å². The number of carbonyl (C=O) groups is 2. The summed E-state index contributed by atoms with van der Waals surface area (Å²) in [5, 5.41) is 3.96. The van der Waals surface area contributed by atoms with E-state index in [0.29, 0.717) is 22.2 Å². The van der Waals surface area contributed by atoms with Gasteiger partial charge in [-0.25, -0.2) is 0 Å². The lowest BCUT2D eigenvalue weighted by Crippen LogP contribution is -2.52. The maximum absolute atomic E-state index is 13.1. The topological polar surface area (TPSA) is 49.4 Å². The van der Waals surface area contributed by atoms with E-state index in [1.807, 2.05) is 27.7 Å². The molecule has 2 amide bonds. The Kier molecular flexibility index (Phi) is 9.28. The second-order valence-corrected chi connectivity index (χ2v) is 10.6. The highest BCUT2D eigenvalue weighted by Crippen LogP contribution is 2.25. The summed E-state index contributed by atoms with van der Waals surface area (Å²) in [5.74, 6) is 0.333. The first kappa shape index (κ1) is 25.6. The highest BCUT2D eigenvalue weighted by molar-refractivity contribution is 7.99. The first-order valence-electron chi connectivity index (χ1n) is 10.2. The van der Waals surface area contributed by atoms with Crippen molar-refractivity contribution in [1.82, 2.24) is 10.2 Å². The van der Waals surface area contributed by atoms with Crippen LogP contribution in [0.4, 0.5) is 0 Å². The van der Waals surface area contributed by atoms with Crippen LogP contribution in [0.15, 0.2) is 47.4 Å². The number of nitrogens with one attached hydrogen (secondary N) is 1. The Bertz CT molecular complexity index is 911. The molecule has 0 saturated heterocycles. The molecule has 0 radical (unpaired) electrons. The van der Waals surface area contributed by atoms with Crippen molar-refractivity contribution in [2.45, 2.75) is 64.1 Å². The molecule has 2 aromatic carbocycles. The molecule has 168 valence electrons. The van der Waals surface area contributed by atoms with Gasteiger partial charge in [-0.2, -0.15) is 0 Å². The van der Waals surface area contributed by atoms with Crippen LogP contribution >= 0.6 is 35.0 Å². The molecule has 2 rings (SSSR count). The number of rotatable bonds is 8. The molecule has 7 heteroatoms. The number of halogens is 2. The summed E-state index contributed by atoms with van der Waals surface area (Å²) in [4.78, 5) is 28.6. The van der Waals surface area contributed by atoms with Crippen LogP contribution in [0.3, 0.4) is 0 Å². The predicted molar refractivity (Wildman–Crippen MR) is 131 cm³/mol. The van der Waals surface area contributed by atoms with Crippen LogP contribution in [0, 0.1) is 6.92 Å². The van der Waals surface area contributed by atoms with Crippen LogP contribution in [0.5, 0.6) is 0 Å². The lowest BCUT2D eigenvalue weighted by molar-refractivity contribution is -0.140. The van der Waals surface area contributed by atoms with E-state index >= 15 is 0 Å². The second kappa shape index (κ2) is 11.3. The Morgan fingerprint density at radius 2 is 1.74 bits per heavy atom. The van der Waals surface area contributed by atoms with E-state index in [2.05, 4.69) is 29.6 Å². The number of thioether (sulfide) groups is 1. The molecule has 4 nitrogen and oxygen atoms in total. The summed E-state index contributed by atoms with van der Waals surface area (Å²) in [6.07, 6.45) is 0.316. The summed E-state index contributed by atoms with van der Waals surface area (Å²) in [6.45, 7) is 9.77. The number of aryl methyl sites for hydroxylation is 1. The smallest absolute Gasteiger partial charge is 0.242 e. The quantitative estimate of drug-likeness (QED) is 0.463. The van der Waals surface area contributed by atoms with Gasteiger partial charge in [0.05, 0.1) is 0 Å². The molecule has 2 aromatic rings. The molecular formula is C24H30Cl2N2O2S. The Morgan fingerprint density at radius 3 is 2.32 bits per heavy atom. The average molecular weight is 481 g/mol. The number of nitrogens with zero attached hydrogens (tertiary/aromatic N) is 1. The third-order valence-corrected chi connectivity index (χ3v) is 6.23. The van der Waals surface area contributed by atoms with E-state index in [9.17, 15) is 9.59 Å². The van der Waals surface area contributed by atoms with Crippen LogP contribution in [0.1, 0.15) is 45.2 Å². The normalized spacial score (nSPS) is 12.4. The van der Waals surface area contributed by atoms with Gasteiger partial charge in [-0.15, -0.1) is 11.8 Å². The van der Waals surface area contributed by atoms with Crippen molar-refractivity contribution in [3.63, 3.8) is 0 Å². The van der Waals surface area contributed by atoms with Crippen LogP contribution in [-0.2, 0) is 16.1 Å². The first-order valence-corrected chi connectivity index (χ1v) is 12.0. The van der Waals surface area contributed by atoms with Gasteiger partial charge in [0.2, 0.25) is 11.8 Å². The maximum Gasteiger partial charge on any atom is 0.242 e. The van der Waals surface area contributed by atoms with E-state index in [-0.39, 0.29) is 23.9 Å². The fraction of sp³-hybridized carbons (Fsp3) is 0.417. The molecule has 1 atom stereocenters. The van der Waals surface area contributed by atoms with Crippen LogP contribution in [-0.4, -0.2) is 34.0 Å². The average Bonchev–Trinajstić information content (AvgIpc) is 2.67. The summed E-state index contributed by atoms with van der Waals surface area (Å²) in [6, 6.07) is 12.7. The van der Waals surface area contributed by atoms with Gasteiger partial charge in [0.25, 0.3) is 0 Å². The molecule has 0 saturated carbocycles. The molecule has 1 N–H and O–H groups in total. The summed E-state index contributed by atoms with van der Waals surface area (Å²) in [7, 11) is 0. The minimum atomic E-state index is -0.636. The molecule has 0 spiro atoms. The van der Waals surface area contributed by atoms with Gasteiger partial charge in [-0.3, -0.25) is 9.59 Å². The lowest BCUT2D eigenvalue weighted by Gasteiger charge is -2.31. The minimum Gasteiger partial charge on any atom is -0.350 e. The summed E-state index contributed by atoms with van der Waals surface area (Å²) < 4.78 is 0. The van der Waals surface area contributed by atoms with Gasteiger partial charge in [0, 0.05) is 39.2 Å². The molecule has 0 fully saturated rings. The Morgan fingerprint density at radius 1 is 1.10 bits per heavy atom. The number of benzene rings is 2. The molecule has 0 aliphatic carbocycles. The highest BCUT2D eigenvalue weighted by atomic mass is 35.5. The molecule has 31 heavy (non-hydrogen) atoms. The lowest BCUT2D eigenvalue weighted by atomic mass is 10.1. The highest BCUT2D eigenvalue weighted by Gasteiger charge is 2.28. The van der Waals surface area contributed by atoms with Gasteiger partial charge in [-0.05, 0) is 64.4 Å². The van der Waals surface area contributed by atoms with Crippen molar-refractivity contribution in [2.24, 2.45) is 0 Å². The number of amides is 2. The Balaban J connectivity index is 2.13. The molecular weight excluding hydrogens is 451 g/mol.